The third-order valence-corrected chi connectivity index (χ3v) is 24.0. The van der Waals surface area contributed by atoms with Crippen LogP contribution in [0.1, 0.15) is 140 Å². The molecule has 0 aliphatic carbocycles. The van der Waals surface area contributed by atoms with Crippen LogP contribution < -0.4 is 34.9 Å². The Labute approximate surface area is 814 Å². The van der Waals surface area contributed by atoms with E-state index in [9.17, 15) is 45.7 Å². The summed E-state index contributed by atoms with van der Waals surface area (Å²) in [5.41, 5.74) is 3.09. The number of methoxy groups -OCH3 is 1. The molecule has 42 heteroatoms. The monoisotopic (exact) mass is 2010 g/mol. The van der Waals surface area contributed by atoms with Crippen molar-refractivity contribution in [2.24, 2.45) is 0 Å². The maximum atomic E-state index is 13.4. The van der Waals surface area contributed by atoms with Crippen molar-refractivity contribution >= 4 is 43.4 Å². The molecule has 5 N–H and O–H groups in total. The van der Waals surface area contributed by atoms with E-state index >= 15 is 0 Å². The van der Waals surface area contributed by atoms with Crippen LogP contribution >= 0.6 is 0 Å². The lowest BCUT2D eigenvalue weighted by molar-refractivity contribution is -0.145. The molecule has 2 unspecified atom stereocenters. The maximum Gasteiger partial charge on any atom is 0.333 e. The number of nitrogens with zero attached hydrogens (tertiary/aromatic N) is 3. The van der Waals surface area contributed by atoms with Crippen molar-refractivity contribution in [3.05, 3.63) is 87.4 Å². The van der Waals surface area contributed by atoms with Gasteiger partial charge in [-0.05, 0) is 101 Å². The number of aromatic nitrogens is 1. The molecule has 4 heterocycles. The van der Waals surface area contributed by atoms with Crippen LogP contribution in [0.25, 0.3) is 5.57 Å². The predicted octanol–water partition coefficient (Wildman–Crippen LogP) is 6.54. The van der Waals surface area contributed by atoms with Crippen LogP contribution in [0.4, 0.5) is 5.69 Å². The van der Waals surface area contributed by atoms with Crippen molar-refractivity contribution in [3.63, 3.8) is 0 Å². The maximum absolute atomic E-state index is 13.4. The van der Waals surface area contributed by atoms with Gasteiger partial charge in [-0.15, -0.1) is 4.73 Å². The quantitative estimate of drug-likeness (QED) is 0.0157. The molecule has 0 bridgehead atoms. The van der Waals surface area contributed by atoms with Gasteiger partial charge in [-0.3, -0.25) is 13.9 Å². The minimum Gasteiger partial charge on any atom is -0.492 e. The molecule has 4 aromatic rings. The summed E-state index contributed by atoms with van der Waals surface area (Å²) in [7, 11) is -8.39. The van der Waals surface area contributed by atoms with Gasteiger partial charge in [0.15, 0.2) is 5.54 Å². The molecule has 0 fully saturated rings. The number of carbonyl (C=O) groups excluding carboxylic acids is 2. The largest absolute Gasteiger partial charge is 0.492 e. The Morgan fingerprint density at radius 1 is 0.406 bits per heavy atom. The molecule has 40 nitrogen and oxygen atoms in total. The molecule has 0 saturated carbocycles. The van der Waals surface area contributed by atoms with Gasteiger partial charge >= 0.3 is 5.97 Å². The summed E-state index contributed by atoms with van der Waals surface area (Å²) in [6.07, 6.45) is 5.92. The Morgan fingerprint density at radius 2 is 0.768 bits per heavy atom. The van der Waals surface area contributed by atoms with Gasteiger partial charge in [0, 0.05) is 103 Å². The third kappa shape index (κ3) is 47.9. The first-order valence-corrected chi connectivity index (χ1v) is 51.2. The molecular formula is C96H157N4O36S2+. The topological polar surface area (TPSA) is 447 Å². The Bertz CT molecular complexity index is 4340. The number of hydrogen-bond acceptors (Lipinski definition) is 35. The van der Waals surface area contributed by atoms with Crippen molar-refractivity contribution in [3.8, 4) is 23.3 Å². The van der Waals surface area contributed by atoms with Gasteiger partial charge in [-0.2, -0.15) is 16.8 Å². The second kappa shape index (κ2) is 70.3. The fourth-order valence-electron chi connectivity index (χ4n) is 15.6. The summed E-state index contributed by atoms with van der Waals surface area (Å²) in [5, 5.41) is 24.3. The van der Waals surface area contributed by atoms with Crippen molar-refractivity contribution in [1.82, 2.24) is 14.6 Å². The normalized spacial score (nSPS) is 15.1. The first-order valence-electron chi connectivity index (χ1n) is 48.3. The van der Waals surface area contributed by atoms with Crippen LogP contribution in [-0.2, 0) is 144 Å². The number of benzene rings is 3. The summed E-state index contributed by atoms with van der Waals surface area (Å²) in [5.74, 6) is -0.666. The zero-order valence-electron chi connectivity index (χ0n) is 82.3. The first kappa shape index (κ1) is 119. The SMILES string of the molecule is COCCOCCOCCOCCOCCOCCOCCOCCOCCOCCOCCOCCOCCOCCOCCOCCOCCOCCOCCOCCOCCOCCOCCOCCNC(=O)CCCCC[N+]1=c2cc3c(cc2C(C)CC1(C)C)=C(c1ccc(S(=O)(=O)O)cc1S(=O)(=O)O)c1cc2c(cc1O3)N(CCCCCC(=O)On1c(O)ccc1O)C(C)(C)CC2C. The molecule has 0 spiro atoms. The fourth-order valence-corrected chi connectivity index (χ4v) is 16.9. The lowest BCUT2D eigenvalue weighted by Gasteiger charge is -2.48. The summed E-state index contributed by atoms with van der Waals surface area (Å²) in [6.45, 7) is 36.4. The highest BCUT2D eigenvalue weighted by atomic mass is 32.2. The summed E-state index contributed by atoms with van der Waals surface area (Å²) >= 11 is 0. The number of unbranched alkanes of at least 4 members (excludes halogenated alkanes) is 4. The number of carbonyl (C=O) groups is 2. The van der Waals surface area contributed by atoms with E-state index in [0.29, 0.717) is 395 Å². The highest BCUT2D eigenvalue weighted by Crippen LogP contribution is 2.50. The molecule has 0 saturated heterocycles. The average Bonchev–Trinajstić information content (AvgIpc) is 0.725. The number of hydrogen-bond donors (Lipinski definition) is 5. The van der Waals surface area contributed by atoms with E-state index in [2.05, 4.69) is 56.3 Å². The van der Waals surface area contributed by atoms with E-state index in [1.807, 2.05) is 24.3 Å². The molecule has 788 valence electrons. The minimum atomic E-state index is -5.12. The first-order chi connectivity index (χ1) is 66.9. The van der Waals surface area contributed by atoms with Gasteiger partial charge < -0.3 is 144 Å². The van der Waals surface area contributed by atoms with E-state index in [0.717, 1.165) is 60.0 Å². The van der Waals surface area contributed by atoms with Gasteiger partial charge in [0.2, 0.25) is 23.0 Å². The number of aromatic hydroxyl groups is 2. The predicted molar refractivity (Wildman–Crippen MR) is 508 cm³/mol. The highest BCUT2D eigenvalue weighted by molar-refractivity contribution is 7.86. The van der Waals surface area contributed by atoms with Gasteiger partial charge in [-0.1, -0.05) is 26.3 Å². The summed E-state index contributed by atoms with van der Waals surface area (Å²) in [4.78, 5) is 31.7. The highest BCUT2D eigenvalue weighted by Gasteiger charge is 2.42. The lowest BCUT2D eigenvalue weighted by Crippen LogP contribution is -2.53. The van der Waals surface area contributed by atoms with Crippen molar-refractivity contribution in [2.75, 3.05) is 342 Å². The molecule has 3 aromatic carbocycles. The molecule has 0 radical (unpaired) electrons. The Hall–Kier alpha value is -6.39. The second-order valence-electron chi connectivity index (χ2n) is 33.9. The molecule has 3 aliphatic rings. The van der Waals surface area contributed by atoms with Crippen molar-refractivity contribution in [2.45, 2.75) is 138 Å². The van der Waals surface area contributed by atoms with Crippen LogP contribution in [0.5, 0.6) is 23.3 Å². The number of ether oxygens (including phenoxy) is 25. The van der Waals surface area contributed by atoms with E-state index < -0.39 is 47.8 Å². The molecular weight excluding hydrogens is 1850 g/mol. The molecule has 1 aromatic heterocycles. The number of rotatable bonds is 88. The summed E-state index contributed by atoms with van der Waals surface area (Å²) < 4.78 is 215. The Balaban J connectivity index is 0.601. The average molecular weight is 2010 g/mol. The Morgan fingerprint density at radius 3 is 1.14 bits per heavy atom. The van der Waals surface area contributed by atoms with Crippen molar-refractivity contribution in [1.29, 1.82) is 0 Å². The lowest BCUT2D eigenvalue weighted by atomic mass is 9.78. The second-order valence-corrected chi connectivity index (χ2v) is 36.7. The van der Waals surface area contributed by atoms with E-state index in [4.69, 9.17) is 123 Å². The Kier molecular flexibility index (Phi) is 60.4. The molecule has 138 heavy (non-hydrogen) atoms. The van der Waals surface area contributed by atoms with Crippen LogP contribution in [0, 0.1) is 0 Å². The van der Waals surface area contributed by atoms with Gasteiger partial charge in [-0.25, -0.2) is 9.37 Å². The fraction of sp³-hybridized carbons (Fsp3) is 0.740. The van der Waals surface area contributed by atoms with Crippen LogP contribution in [0.2, 0.25) is 0 Å². The van der Waals surface area contributed by atoms with E-state index in [1.165, 1.54) is 18.2 Å². The molecule has 3 aliphatic heterocycles. The molecule has 1 amide bonds. The van der Waals surface area contributed by atoms with E-state index in [1.54, 1.807) is 7.11 Å². The minimum absolute atomic E-state index is 0.00196. The molecule has 2 atom stereocenters. The zero-order chi connectivity index (χ0) is 99.0. The van der Waals surface area contributed by atoms with Crippen LogP contribution in [-0.4, -0.2) is 401 Å². The van der Waals surface area contributed by atoms with Crippen molar-refractivity contribution < 1.29 is 169 Å². The van der Waals surface area contributed by atoms with Gasteiger partial charge in [0.25, 0.3) is 20.2 Å². The summed E-state index contributed by atoms with van der Waals surface area (Å²) in [6, 6.07) is 13.5. The van der Waals surface area contributed by atoms with E-state index in [-0.39, 0.29) is 40.8 Å². The third-order valence-electron chi connectivity index (χ3n) is 22.3. The van der Waals surface area contributed by atoms with Crippen LogP contribution in [0.3, 0.4) is 0 Å². The smallest absolute Gasteiger partial charge is 0.333 e. The zero-order valence-corrected chi connectivity index (χ0v) is 83.9. The number of anilines is 1. The van der Waals surface area contributed by atoms with Crippen LogP contribution in [0.15, 0.2) is 64.4 Å². The standard InChI is InChI=1S/C96H156N4O36S2/c1-77-75-95(3,4)98(85-73-87-83(71-81(77)85)94(80-17-16-79(137(105,106)107)70-89(80)138(108,109)110)84-72-82-78(2)76-96(5,6)99(86(82)74-88(84)135-87)22-13-9-11-15-93(104)136-100-91(102)18-19-92(100)103)21-12-8-10-14-90(101)97-20-23-112-26-27-114-30-31-116-34-35-118-38-39-120-42-43-122-46-47-124-50-51-126-54-55-128-58-59-130-62-63-132-66-67-134-69-68-133-65-64-131-61-60-129-57-56-127-53-52-125-49-48-123-45-44-121-41-40-119-37-36-117-33-32-115-29-28-113-25-24-111-7/h16-19,70-74,77-78H,8-15,20-69,75-76H2,1-7H3,(H4-,97,101,102,103,105,106,107,108,109,110)/p+1. The number of nitrogens with one attached hydrogen (secondary N) is 1. The van der Waals surface area contributed by atoms with Gasteiger partial charge in [0.05, 0.1) is 321 Å². The molecule has 7 rings (SSSR count). The van der Waals surface area contributed by atoms with Gasteiger partial charge in [0.1, 0.15) is 22.9 Å². The number of amides is 1. The number of fused-ring (bicyclic) bond motifs is 4.